The lowest BCUT2D eigenvalue weighted by Gasteiger charge is -2.40. The highest BCUT2D eigenvalue weighted by Crippen LogP contribution is 2.34. The van der Waals surface area contributed by atoms with Crippen molar-refractivity contribution in [3.8, 4) is 0 Å². The lowest BCUT2D eigenvalue weighted by atomic mass is 9.78. The maximum Gasteiger partial charge on any atom is 0.193 e. The molecule has 2 aliphatic heterocycles. The zero-order chi connectivity index (χ0) is 20.4. The van der Waals surface area contributed by atoms with Crippen LogP contribution in [0.4, 0.5) is 0 Å². The van der Waals surface area contributed by atoms with Crippen molar-refractivity contribution < 1.29 is 14.2 Å². The van der Waals surface area contributed by atoms with E-state index in [-0.39, 0.29) is 29.4 Å². The molecular formula is C22H44IN3O3. The second kappa shape index (κ2) is 14.0. The molecule has 2 atom stereocenters. The number of nitrogens with zero attached hydrogens (tertiary/aromatic N) is 2. The van der Waals surface area contributed by atoms with Gasteiger partial charge in [-0.1, -0.05) is 20.8 Å². The first-order valence-corrected chi connectivity index (χ1v) is 11.2. The predicted molar refractivity (Wildman–Crippen MR) is 130 cm³/mol. The number of aliphatic imine (C=N–C) groups is 1. The number of rotatable bonds is 8. The van der Waals surface area contributed by atoms with Crippen molar-refractivity contribution in [2.45, 2.75) is 72.0 Å². The Balaban J connectivity index is 0.00000420. The normalized spacial score (nSPS) is 24.3. The predicted octanol–water partition coefficient (Wildman–Crippen LogP) is 3.93. The first kappa shape index (κ1) is 26.9. The van der Waals surface area contributed by atoms with E-state index >= 15 is 0 Å². The molecule has 0 spiro atoms. The molecule has 2 saturated heterocycles. The minimum absolute atomic E-state index is 0. The highest BCUT2D eigenvalue weighted by Gasteiger charge is 2.35. The molecule has 7 heteroatoms. The van der Waals surface area contributed by atoms with Crippen molar-refractivity contribution in [2.24, 2.45) is 16.3 Å². The quantitative estimate of drug-likeness (QED) is 0.225. The molecule has 0 aromatic heterocycles. The summed E-state index contributed by atoms with van der Waals surface area (Å²) in [5.74, 6) is 1.56. The van der Waals surface area contributed by atoms with Crippen LogP contribution in [0.15, 0.2) is 4.99 Å². The van der Waals surface area contributed by atoms with Crippen LogP contribution in [-0.2, 0) is 14.2 Å². The van der Waals surface area contributed by atoms with Crippen LogP contribution < -0.4 is 5.32 Å². The van der Waals surface area contributed by atoms with Gasteiger partial charge in [-0.25, -0.2) is 0 Å². The Labute approximate surface area is 195 Å². The van der Waals surface area contributed by atoms with Gasteiger partial charge in [0.25, 0.3) is 0 Å². The smallest absolute Gasteiger partial charge is 0.193 e. The average molecular weight is 526 g/mol. The van der Waals surface area contributed by atoms with E-state index in [1.165, 1.54) is 6.42 Å². The average Bonchev–Trinajstić information content (AvgIpc) is 2.68. The standard InChI is InChI=1S/C22H43N3O3.HI/c1-6-23-21(24-17-18-9-7-15-28-20(18)22(2,3)4)25-12-10-19(11-13-25)27-16-8-14-26-5;/h18-20H,6-17H2,1-5H3,(H,23,24);1H. The molecule has 0 aromatic carbocycles. The van der Waals surface area contributed by atoms with Crippen molar-refractivity contribution in [1.29, 1.82) is 0 Å². The number of halogens is 1. The number of methoxy groups -OCH3 is 1. The van der Waals surface area contributed by atoms with Crippen LogP contribution in [0, 0.1) is 11.3 Å². The van der Waals surface area contributed by atoms with Crippen molar-refractivity contribution >= 4 is 29.9 Å². The molecule has 0 amide bonds. The highest BCUT2D eigenvalue weighted by molar-refractivity contribution is 14.0. The Morgan fingerprint density at radius 3 is 2.52 bits per heavy atom. The van der Waals surface area contributed by atoms with Gasteiger partial charge in [0.15, 0.2) is 5.96 Å². The van der Waals surface area contributed by atoms with E-state index in [2.05, 4.69) is 37.9 Å². The molecule has 0 saturated carbocycles. The fourth-order valence-electron chi connectivity index (χ4n) is 4.30. The molecule has 2 rings (SSSR count). The Morgan fingerprint density at radius 1 is 1.17 bits per heavy atom. The largest absolute Gasteiger partial charge is 0.385 e. The van der Waals surface area contributed by atoms with E-state index < -0.39 is 0 Å². The molecule has 2 unspecified atom stereocenters. The van der Waals surface area contributed by atoms with E-state index in [9.17, 15) is 0 Å². The highest BCUT2D eigenvalue weighted by atomic mass is 127. The van der Waals surface area contributed by atoms with Crippen LogP contribution in [-0.4, -0.2) is 76.2 Å². The third-order valence-corrected chi connectivity index (χ3v) is 5.70. The summed E-state index contributed by atoms with van der Waals surface area (Å²) in [6, 6.07) is 0. The molecule has 2 fully saturated rings. The molecule has 2 aliphatic rings. The van der Waals surface area contributed by atoms with Gasteiger partial charge in [-0.3, -0.25) is 4.99 Å². The number of ether oxygens (including phenoxy) is 3. The van der Waals surface area contributed by atoms with Gasteiger partial charge in [0.2, 0.25) is 0 Å². The number of hydrogen-bond acceptors (Lipinski definition) is 4. The molecule has 0 aromatic rings. The van der Waals surface area contributed by atoms with Crippen molar-refractivity contribution in [2.75, 3.05) is 53.1 Å². The molecule has 1 N–H and O–H groups in total. The summed E-state index contributed by atoms with van der Waals surface area (Å²) in [5.41, 5.74) is 0.164. The summed E-state index contributed by atoms with van der Waals surface area (Å²) in [5, 5.41) is 3.50. The lowest BCUT2D eigenvalue weighted by Crippen LogP contribution is -2.48. The number of guanidine groups is 1. The van der Waals surface area contributed by atoms with Gasteiger partial charge < -0.3 is 24.4 Å². The van der Waals surface area contributed by atoms with Crippen molar-refractivity contribution in [1.82, 2.24) is 10.2 Å². The molecule has 2 heterocycles. The molecule has 0 radical (unpaired) electrons. The minimum Gasteiger partial charge on any atom is -0.385 e. The van der Waals surface area contributed by atoms with Crippen molar-refractivity contribution in [3.63, 3.8) is 0 Å². The van der Waals surface area contributed by atoms with Gasteiger partial charge in [0, 0.05) is 59.0 Å². The first-order valence-electron chi connectivity index (χ1n) is 11.2. The van der Waals surface area contributed by atoms with Crippen LogP contribution in [0.3, 0.4) is 0 Å². The SMILES string of the molecule is CCNC(=NCC1CCCOC1C(C)(C)C)N1CCC(OCCCOC)CC1.I. The molecule has 172 valence electrons. The molecule has 6 nitrogen and oxygen atoms in total. The molecule has 0 aliphatic carbocycles. The van der Waals surface area contributed by atoms with Crippen LogP contribution in [0.25, 0.3) is 0 Å². The van der Waals surface area contributed by atoms with Gasteiger partial charge in [-0.05, 0) is 44.4 Å². The molecular weight excluding hydrogens is 481 g/mol. The number of piperidine rings is 1. The van der Waals surface area contributed by atoms with Gasteiger partial charge >= 0.3 is 0 Å². The Hall–Kier alpha value is -0.120. The summed E-state index contributed by atoms with van der Waals surface area (Å²) < 4.78 is 17.2. The van der Waals surface area contributed by atoms with Crippen LogP contribution in [0.2, 0.25) is 0 Å². The van der Waals surface area contributed by atoms with E-state index in [0.29, 0.717) is 18.1 Å². The summed E-state index contributed by atoms with van der Waals surface area (Å²) in [6.45, 7) is 15.2. The van der Waals surface area contributed by atoms with E-state index in [4.69, 9.17) is 19.2 Å². The monoisotopic (exact) mass is 525 g/mol. The summed E-state index contributed by atoms with van der Waals surface area (Å²) in [6.07, 6.45) is 6.12. The second-order valence-electron chi connectivity index (χ2n) is 9.16. The maximum atomic E-state index is 6.13. The fraction of sp³-hybridized carbons (Fsp3) is 0.955. The third kappa shape index (κ3) is 9.27. The number of hydrogen-bond donors (Lipinski definition) is 1. The molecule has 29 heavy (non-hydrogen) atoms. The van der Waals surface area contributed by atoms with Crippen molar-refractivity contribution in [3.05, 3.63) is 0 Å². The van der Waals surface area contributed by atoms with Crippen LogP contribution in [0.1, 0.15) is 59.8 Å². The number of likely N-dealkylation sites (tertiary alicyclic amines) is 1. The fourth-order valence-corrected chi connectivity index (χ4v) is 4.30. The Bertz CT molecular complexity index is 463. The summed E-state index contributed by atoms with van der Waals surface area (Å²) in [7, 11) is 1.74. The van der Waals surface area contributed by atoms with Gasteiger partial charge in [0.1, 0.15) is 0 Å². The van der Waals surface area contributed by atoms with Crippen LogP contribution >= 0.6 is 24.0 Å². The zero-order valence-electron chi connectivity index (χ0n) is 19.2. The van der Waals surface area contributed by atoms with Gasteiger partial charge in [-0.2, -0.15) is 0 Å². The Kier molecular flexibility index (Phi) is 13.0. The topological polar surface area (TPSA) is 55.3 Å². The number of nitrogens with one attached hydrogen (secondary N) is 1. The minimum atomic E-state index is 0. The Morgan fingerprint density at radius 2 is 1.90 bits per heavy atom. The maximum absolute atomic E-state index is 6.13. The van der Waals surface area contributed by atoms with E-state index in [1.54, 1.807) is 7.11 Å². The second-order valence-corrected chi connectivity index (χ2v) is 9.16. The summed E-state index contributed by atoms with van der Waals surface area (Å²) in [4.78, 5) is 7.43. The van der Waals surface area contributed by atoms with Gasteiger partial charge in [0.05, 0.1) is 12.2 Å². The third-order valence-electron chi connectivity index (χ3n) is 5.70. The zero-order valence-corrected chi connectivity index (χ0v) is 21.6. The van der Waals surface area contributed by atoms with Gasteiger partial charge in [-0.15, -0.1) is 24.0 Å². The first-order chi connectivity index (χ1) is 13.5. The van der Waals surface area contributed by atoms with Crippen LogP contribution in [0.5, 0.6) is 0 Å². The van der Waals surface area contributed by atoms with E-state index in [0.717, 1.165) is 77.6 Å². The summed E-state index contributed by atoms with van der Waals surface area (Å²) >= 11 is 0. The van der Waals surface area contributed by atoms with E-state index in [1.807, 2.05) is 0 Å². The lowest BCUT2D eigenvalue weighted by molar-refractivity contribution is -0.0824. The molecule has 0 bridgehead atoms.